The van der Waals surface area contributed by atoms with Crippen molar-refractivity contribution >= 4 is 50.5 Å². The summed E-state index contributed by atoms with van der Waals surface area (Å²) in [4.78, 5) is 0. The Morgan fingerprint density at radius 2 is 1.62 bits per heavy atom. The Bertz CT molecular complexity index is 2240. The van der Waals surface area contributed by atoms with Crippen molar-refractivity contribution in [2.75, 3.05) is 0 Å². The van der Waals surface area contributed by atoms with E-state index < -0.39 is 0 Å². The van der Waals surface area contributed by atoms with Crippen molar-refractivity contribution < 1.29 is 0 Å². The number of allylic oxidation sites excluding steroid dienone is 5. The van der Waals surface area contributed by atoms with Gasteiger partial charge >= 0.3 is 0 Å². The van der Waals surface area contributed by atoms with Gasteiger partial charge in [-0.25, -0.2) is 0 Å². The van der Waals surface area contributed by atoms with E-state index in [0.717, 1.165) is 30.4 Å². The van der Waals surface area contributed by atoms with E-state index in [2.05, 4.69) is 145 Å². The Balaban J connectivity index is 1.22. The summed E-state index contributed by atoms with van der Waals surface area (Å²) >= 11 is 0. The standard InChI is InChI=1S/C43H38N2/c1-3-4-5-12-29-13-9-16-36-34(29)24-22-30-20-21-32(27-40(30)36)42(44)38-17-10-14-31-26-33(23-25-35(31)38)45-41-19-7-6-15-37(41)39-18-8-11-28(2)43(39)45/h3-6,8-10,12-18,20-28,42H,7,11,19,44H2,1-2H3/b4-3-,12-5-. The van der Waals surface area contributed by atoms with Crippen LogP contribution in [-0.4, -0.2) is 4.57 Å². The molecule has 0 aliphatic heterocycles. The van der Waals surface area contributed by atoms with E-state index >= 15 is 0 Å². The van der Waals surface area contributed by atoms with E-state index in [4.69, 9.17) is 5.73 Å². The van der Waals surface area contributed by atoms with Crippen LogP contribution >= 0.6 is 0 Å². The monoisotopic (exact) mass is 582 g/mol. The third-order valence-corrected chi connectivity index (χ3v) is 9.83. The van der Waals surface area contributed by atoms with Crippen LogP contribution in [0.1, 0.15) is 77.9 Å². The van der Waals surface area contributed by atoms with Crippen molar-refractivity contribution in [1.82, 2.24) is 4.57 Å². The van der Waals surface area contributed by atoms with Crippen LogP contribution in [0.2, 0.25) is 0 Å². The maximum Gasteiger partial charge on any atom is 0.0558 e. The fourth-order valence-corrected chi connectivity index (χ4v) is 7.62. The normalized spacial score (nSPS) is 16.7. The molecule has 45 heavy (non-hydrogen) atoms. The highest BCUT2D eigenvalue weighted by atomic mass is 15.0. The van der Waals surface area contributed by atoms with Crippen LogP contribution in [0.5, 0.6) is 0 Å². The molecule has 0 saturated carbocycles. The lowest BCUT2D eigenvalue weighted by molar-refractivity contribution is 0.704. The van der Waals surface area contributed by atoms with Gasteiger partial charge in [0.05, 0.1) is 6.04 Å². The van der Waals surface area contributed by atoms with Crippen LogP contribution in [0.3, 0.4) is 0 Å². The lowest BCUT2D eigenvalue weighted by atomic mass is 9.91. The Morgan fingerprint density at radius 1 is 0.778 bits per heavy atom. The molecule has 5 aromatic carbocycles. The molecule has 2 nitrogen and oxygen atoms in total. The second-order valence-corrected chi connectivity index (χ2v) is 12.6. The zero-order valence-corrected chi connectivity index (χ0v) is 26.0. The maximum atomic E-state index is 7.12. The average molecular weight is 583 g/mol. The first-order valence-corrected chi connectivity index (χ1v) is 16.3. The van der Waals surface area contributed by atoms with Gasteiger partial charge in [-0.1, -0.05) is 122 Å². The van der Waals surface area contributed by atoms with E-state index in [1.807, 2.05) is 6.92 Å². The SMILES string of the molecule is C/C=C\C=C/c1cccc2c1ccc1ccc(C(N)c3cccc4cc(-n5c6c(c7c5C(C)CC=C7)C=CCC6)ccc34)cc12. The van der Waals surface area contributed by atoms with E-state index in [1.54, 1.807) is 0 Å². The predicted octanol–water partition coefficient (Wildman–Crippen LogP) is 11.1. The highest BCUT2D eigenvalue weighted by Crippen LogP contribution is 2.41. The first kappa shape index (κ1) is 27.6. The van der Waals surface area contributed by atoms with Crippen molar-refractivity contribution in [3.8, 4) is 5.69 Å². The van der Waals surface area contributed by atoms with Crippen LogP contribution in [0.15, 0.2) is 115 Å². The van der Waals surface area contributed by atoms with Gasteiger partial charge in [-0.3, -0.25) is 0 Å². The summed E-state index contributed by atoms with van der Waals surface area (Å²) in [6, 6.07) is 31.1. The molecule has 2 N–H and O–H groups in total. The topological polar surface area (TPSA) is 30.9 Å². The minimum absolute atomic E-state index is 0.237. The minimum Gasteiger partial charge on any atom is -0.320 e. The second kappa shape index (κ2) is 11.2. The summed E-state index contributed by atoms with van der Waals surface area (Å²) in [7, 11) is 0. The number of nitrogens with zero attached hydrogens (tertiary/aromatic N) is 1. The number of nitrogens with two attached hydrogens (primary N) is 1. The van der Waals surface area contributed by atoms with Crippen LogP contribution in [0.4, 0.5) is 0 Å². The largest absolute Gasteiger partial charge is 0.320 e. The number of rotatable bonds is 5. The van der Waals surface area contributed by atoms with E-state index in [-0.39, 0.29) is 6.04 Å². The lowest BCUT2D eigenvalue weighted by Crippen LogP contribution is -2.13. The molecule has 0 radical (unpaired) electrons. The maximum absolute atomic E-state index is 7.12. The highest BCUT2D eigenvalue weighted by Gasteiger charge is 2.27. The van der Waals surface area contributed by atoms with E-state index in [1.165, 1.54) is 66.1 Å². The van der Waals surface area contributed by atoms with Crippen LogP contribution < -0.4 is 5.73 Å². The first-order valence-electron chi connectivity index (χ1n) is 16.3. The number of benzene rings is 5. The van der Waals surface area contributed by atoms with Crippen LogP contribution in [-0.2, 0) is 6.42 Å². The summed E-state index contributed by atoms with van der Waals surface area (Å²) in [5.74, 6) is 0.490. The predicted molar refractivity (Wildman–Crippen MR) is 194 cm³/mol. The van der Waals surface area contributed by atoms with Crippen LogP contribution in [0.25, 0.3) is 56.2 Å². The van der Waals surface area contributed by atoms with Gasteiger partial charge < -0.3 is 10.3 Å². The van der Waals surface area contributed by atoms with Gasteiger partial charge in [0.1, 0.15) is 0 Å². The summed E-state index contributed by atoms with van der Waals surface area (Å²) in [6.45, 7) is 4.40. The summed E-state index contributed by atoms with van der Waals surface area (Å²) in [6.07, 6.45) is 21.0. The molecule has 0 spiro atoms. The lowest BCUT2D eigenvalue weighted by Gasteiger charge is -2.21. The molecule has 2 atom stereocenters. The number of fused-ring (bicyclic) bond motifs is 7. The molecule has 2 unspecified atom stereocenters. The Labute approximate surface area is 265 Å². The van der Waals surface area contributed by atoms with Gasteiger partial charge in [0.25, 0.3) is 0 Å². The quantitative estimate of drug-likeness (QED) is 0.159. The van der Waals surface area contributed by atoms with Crippen molar-refractivity contribution in [2.45, 2.75) is 45.1 Å². The summed E-state index contributed by atoms with van der Waals surface area (Å²) < 4.78 is 2.56. The van der Waals surface area contributed by atoms with Gasteiger partial charge in [0.15, 0.2) is 0 Å². The molecule has 8 rings (SSSR count). The zero-order chi connectivity index (χ0) is 30.5. The van der Waals surface area contributed by atoms with Gasteiger partial charge in [-0.2, -0.15) is 0 Å². The number of hydrogen-bond acceptors (Lipinski definition) is 1. The summed E-state index contributed by atoms with van der Waals surface area (Å²) in [5, 5.41) is 7.42. The van der Waals surface area contributed by atoms with Gasteiger partial charge in [0, 0.05) is 34.1 Å². The molecule has 2 aliphatic carbocycles. The Hall–Kier alpha value is -4.92. The molecule has 1 aromatic heterocycles. The molecule has 6 aromatic rings. The molecular weight excluding hydrogens is 544 g/mol. The fraction of sp³-hybridized carbons (Fsp3) is 0.163. The van der Waals surface area contributed by atoms with Crippen molar-refractivity contribution in [3.05, 3.63) is 155 Å². The minimum atomic E-state index is -0.237. The Kier molecular flexibility index (Phi) is 6.88. The molecule has 2 aliphatic rings. The van der Waals surface area contributed by atoms with Crippen molar-refractivity contribution in [3.63, 3.8) is 0 Å². The third kappa shape index (κ3) is 4.60. The molecule has 220 valence electrons. The van der Waals surface area contributed by atoms with E-state index in [0.29, 0.717) is 5.92 Å². The van der Waals surface area contributed by atoms with Crippen LogP contribution in [0, 0.1) is 0 Å². The average Bonchev–Trinajstić information content (AvgIpc) is 3.43. The molecule has 0 saturated heterocycles. The smallest absolute Gasteiger partial charge is 0.0558 e. The molecule has 0 bridgehead atoms. The molecular formula is C43H38N2. The van der Waals surface area contributed by atoms with Crippen molar-refractivity contribution in [2.24, 2.45) is 5.73 Å². The fourth-order valence-electron chi connectivity index (χ4n) is 7.62. The zero-order valence-electron chi connectivity index (χ0n) is 26.0. The van der Waals surface area contributed by atoms with Gasteiger partial charge in [-0.05, 0) is 93.4 Å². The molecule has 0 fully saturated rings. The highest BCUT2D eigenvalue weighted by molar-refractivity contribution is 6.10. The van der Waals surface area contributed by atoms with Crippen molar-refractivity contribution in [1.29, 1.82) is 0 Å². The van der Waals surface area contributed by atoms with E-state index in [9.17, 15) is 0 Å². The summed E-state index contributed by atoms with van der Waals surface area (Å²) in [5.41, 5.74) is 17.6. The molecule has 1 heterocycles. The van der Waals surface area contributed by atoms with Gasteiger partial charge in [-0.15, -0.1) is 0 Å². The number of hydrogen-bond donors (Lipinski definition) is 1. The second-order valence-electron chi connectivity index (χ2n) is 12.6. The molecule has 0 amide bonds. The first-order chi connectivity index (χ1) is 22.1. The molecule has 2 heteroatoms. The van der Waals surface area contributed by atoms with Gasteiger partial charge in [0.2, 0.25) is 0 Å². The Morgan fingerprint density at radius 3 is 2.53 bits per heavy atom. The third-order valence-electron chi connectivity index (χ3n) is 9.83. The number of aromatic nitrogens is 1.